The fourth-order valence-corrected chi connectivity index (χ4v) is 2.07. The number of hydrogen-bond acceptors (Lipinski definition) is 3. The number of carboxylic acids is 1. The summed E-state index contributed by atoms with van der Waals surface area (Å²) in [5.74, 6) is -1.45. The van der Waals surface area contributed by atoms with E-state index in [0.29, 0.717) is 6.61 Å². The van der Waals surface area contributed by atoms with Crippen molar-refractivity contribution in [2.45, 2.75) is 19.1 Å². The van der Waals surface area contributed by atoms with Gasteiger partial charge in [0.15, 0.2) is 6.04 Å². The van der Waals surface area contributed by atoms with Crippen molar-refractivity contribution in [2.24, 2.45) is 0 Å². The Morgan fingerprint density at radius 2 is 1.52 bits per heavy atom. The molecule has 0 aliphatic heterocycles. The van der Waals surface area contributed by atoms with E-state index >= 15 is 0 Å². The van der Waals surface area contributed by atoms with E-state index < -0.39 is 12.0 Å². The summed E-state index contributed by atoms with van der Waals surface area (Å²) in [7, 11) is 0. The smallest absolute Gasteiger partial charge is 0.328 e. The van der Waals surface area contributed by atoms with Crippen LogP contribution in [-0.2, 0) is 27.4 Å². The Labute approximate surface area is 134 Å². The number of carbonyl (C=O) groups is 2. The van der Waals surface area contributed by atoms with Crippen LogP contribution < -0.4 is 5.32 Å². The van der Waals surface area contributed by atoms with E-state index in [1.165, 1.54) is 0 Å². The highest BCUT2D eigenvalue weighted by Crippen LogP contribution is 2.02. The lowest BCUT2D eigenvalue weighted by molar-refractivity contribution is -0.143. The minimum Gasteiger partial charge on any atom is -0.480 e. The van der Waals surface area contributed by atoms with Crippen molar-refractivity contribution in [3.05, 3.63) is 71.8 Å². The SMILES string of the molecule is O=C(Cc1ccccc1)NC(COCc1ccccc1)C(=O)O. The summed E-state index contributed by atoms with van der Waals surface area (Å²) in [6.45, 7) is 0.226. The summed E-state index contributed by atoms with van der Waals surface area (Å²) < 4.78 is 5.40. The van der Waals surface area contributed by atoms with Gasteiger partial charge in [-0.3, -0.25) is 4.79 Å². The van der Waals surface area contributed by atoms with Crippen LogP contribution in [0.5, 0.6) is 0 Å². The number of rotatable bonds is 8. The monoisotopic (exact) mass is 313 g/mol. The first-order valence-corrected chi connectivity index (χ1v) is 7.33. The topological polar surface area (TPSA) is 75.6 Å². The minimum atomic E-state index is -1.11. The maximum atomic E-state index is 11.9. The Hall–Kier alpha value is -2.66. The second-order valence-electron chi connectivity index (χ2n) is 5.12. The lowest BCUT2D eigenvalue weighted by atomic mass is 10.1. The molecule has 2 rings (SSSR count). The summed E-state index contributed by atoms with van der Waals surface area (Å²) in [6, 6.07) is 17.6. The number of amides is 1. The standard InChI is InChI=1S/C18H19NO4/c20-17(11-14-7-3-1-4-8-14)19-16(18(21)22)13-23-12-15-9-5-2-6-10-15/h1-10,16H,11-13H2,(H,19,20)(H,21,22). The van der Waals surface area contributed by atoms with Crippen LogP contribution in [0.2, 0.25) is 0 Å². The average Bonchev–Trinajstić information content (AvgIpc) is 2.55. The van der Waals surface area contributed by atoms with E-state index in [0.717, 1.165) is 11.1 Å². The van der Waals surface area contributed by atoms with Crippen LogP contribution >= 0.6 is 0 Å². The molecular weight excluding hydrogens is 294 g/mol. The van der Waals surface area contributed by atoms with Crippen LogP contribution in [0.3, 0.4) is 0 Å². The fourth-order valence-electron chi connectivity index (χ4n) is 2.07. The number of ether oxygens (including phenoxy) is 1. The van der Waals surface area contributed by atoms with E-state index in [9.17, 15) is 14.7 Å². The van der Waals surface area contributed by atoms with Crippen LogP contribution in [0.25, 0.3) is 0 Å². The number of carbonyl (C=O) groups excluding carboxylic acids is 1. The molecule has 2 aromatic carbocycles. The molecule has 23 heavy (non-hydrogen) atoms. The quantitative estimate of drug-likeness (QED) is 0.782. The Kier molecular flexibility index (Phi) is 6.32. The molecule has 0 saturated carbocycles. The third-order valence-electron chi connectivity index (χ3n) is 3.24. The highest BCUT2D eigenvalue weighted by Gasteiger charge is 2.20. The number of hydrogen-bond donors (Lipinski definition) is 2. The molecule has 1 atom stereocenters. The van der Waals surface area contributed by atoms with Crippen LogP contribution in [0.15, 0.2) is 60.7 Å². The minimum absolute atomic E-state index is 0.0786. The third-order valence-corrected chi connectivity index (χ3v) is 3.24. The van der Waals surface area contributed by atoms with Gasteiger partial charge in [0.25, 0.3) is 0 Å². The highest BCUT2D eigenvalue weighted by molar-refractivity contribution is 5.84. The number of carboxylic acid groups (broad SMARTS) is 1. The van der Waals surface area contributed by atoms with Crippen molar-refractivity contribution >= 4 is 11.9 Å². The molecule has 120 valence electrons. The van der Waals surface area contributed by atoms with Crippen molar-refractivity contribution in [1.29, 1.82) is 0 Å². The summed E-state index contributed by atoms with van der Waals surface area (Å²) in [4.78, 5) is 23.2. The van der Waals surface area contributed by atoms with Crippen LogP contribution in [-0.4, -0.2) is 29.6 Å². The maximum absolute atomic E-state index is 11.9. The van der Waals surface area contributed by atoms with Gasteiger partial charge in [0, 0.05) is 0 Å². The van der Waals surface area contributed by atoms with Crippen molar-refractivity contribution in [2.75, 3.05) is 6.61 Å². The van der Waals surface area contributed by atoms with Crippen LogP contribution in [0.4, 0.5) is 0 Å². The van der Waals surface area contributed by atoms with Crippen LogP contribution in [0, 0.1) is 0 Å². The van der Waals surface area contributed by atoms with Gasteiger partial charge in [-0.15, -0.1) is 0 Å². The van der Waals surface area contributed by atoms with Gasteiger partial charge in [-0.05, 0) is 11.1 Å². The predicted octanol–water partition coefficient (Wildman–Crippen LogP) is 2.02. The lowest BCUT2D eigenvalue weighted by Gasteiger charge is -2.15. The molecular formula is C18H19NO4. The van der Waals surface area contributed by atoms with Crippen molar-refractivity contribution in [1.82, 2.24) is 5.32 Å². The summed E-state index contributed by atoms with van der Waals surface area (Å²) in [5, 5.41) is 11.7. The first kappa shape index (κ1) is 16.7. The number of benzene rings is 2. The third kappa shape index (κ3) is 5.92. The first-order chi connectivity index (χ1) is 11.1. The molecule has 0 aliphatic carbocycles. The van der Waals surface area contributed by atoms with Gasteiger partial charge in [-0.25, -0.2) is 4.79 Å². The van der Waals surface area contributed by atoms with Gasteiger partial charge in [0.2, 0.25) is 5.91 Å². The molecule has 0 fully saturated rings. The van der Waals surface area contributed by atoms with E-state index in [1.807, 2.05) is 60.7 Å². The second-order valence-corrected chi connectivity index (χ2v) is 5.12. The fraction of sp³-hybridized carbons (Fsp3) is 0.222. The van der Waals surface area contributed by atoms with Gasteiger partial charge in [-0.2, -0.15) is 0 Å². The van der Waals surface area contributed by atoms with Gasteiger partial charge < -0.3 is 15.2 Å². The molecule has 0 aliphatic rings. The molecule has 0 heterocycles. The zero-order valence-corrected chi connectivity index (χ0v) is 12.6. The normalized spacial score (nSPS) is 11.7. The summed E-state index contributed by atoms with van der Waals surface area (Å²) >= 11 is 0. The highest BCUT2D eigenvalue weighted by atomic mass is 16.5. The van der Waals surface area contributed by atoms with Crippen LogP contribution in [0.1, 0.15) is 11.1 Å². The van der Waals surface area contributed by atoms with Gasteiger partial charge in [-0.1, -0.05) is 60.7 Å². The lowest BCUT2D eigenvalue weighted by Crippen LogP contribution is -2.44. The largest absolute Gasteiger partial charge is 0.480 e. The van der Waals surface area contributed by atoms with Gasteiger partial charge in [0.1, 0.15) is 0 Å². The number of nitrogens with one attached hydrogen (secondary N) is 1. The summed E-state index contributed by atoms with van der Waals surface area (Å²) in [6.07, 6.45) is 0.142. The Morgan fingerprint density at radius 1 is 0.957 bits per heavy atom. The maximum Gasteiger partial charge on any atom is 0.328 e. The average molecular weight is 313 g/mol. The Bertz CT molecular complexity index is 628. The molecule has 0 spiro atoms. The molecule has 0 saturated heterocycles. The predicted molar refractivity (Wildman–Crippen MR) is 85.8 cm³/mol. The molecule has 1 unspecified atom stereocenters. The Balaban J connectivity index is 1.81. The zero-order valence-electron chi connectivity index (χ0n) is 12.6. The Morgan fingerprint density at radius 3 is 2.09 bits per heavy atom. The van der Waals surface area contributed by atoms with E-state index in [1.54, 1.807) is 0 Å². The molecule has 2 N–H and O–H groups in total. The molecule has 0 radical (unpaired) electrons. The molecule has 1 amide bonds. The van der Waals surface area contributed by atoms with Gasteiger partial charge in [0.05, 0.1) is 19.6 Å². The van der Waals surface area contributed by atoms with Crippen molar-refractivity contribution < 1.29 is 19.4 Å². The van der Waals surface area contributed by atoms with Crippen molar-refractivity contribution in [3.8, 4) is 0 Å². The van der Waals surface area contributed by atoms with E-state index in [-0.39, 0.29) is 18.9 Å². The molecule has 0 bridgehead atoms. The second kappa shape index (κ2) is 8.70. The number of aliphatic carboxylic acids is 1. The molecule has 2 aromatic rings. The molecule has 5 nitrogen and oxygen atoms in total. The van der Waals surface area contributed by atoms with Gasteiger partial charge >= 0.3 is 5.97 Å². The first-order valence-electron chi connectivity index (χ1n) is 7.33. The van der Waals surface area contributed by atoms with Crippen molar-refractivity contribution in [3.63, 3.8) is 0 Å². The molecule has 0 aromatic heterocycles. The molecule has 5 heteroatoms. The van der Waals surface area contributed by atoms with E-state index in [4.69, 9.17) is 4.74 Å². The summed E-state index contributed by atoms with van der Waals surface area (Å²) in [5.41, 5.74) is 1.78. The zero-order chi connectivity index (χ0) is 16.5. The van der Waals surface area contributed by atoms with E-state index in [2.05, 4.69) is 5.32 Å².